The zero-order chi connectivity index (χ0) is 18.4. The average molecular weight is 349 g/mol. The molecule has 2 N–H and O–H groups in total. The second-order valence-electron chi connectivity index (χ2n) is 7.02. The summed E-state index contributed by atoms with van der Waals surface area (Å²) in [6.45, 7) is 8.06. The van der Waals surface area contributed by atoms with E-state index < -0.39 is 0 Å². The van der Waals surface area contributed by atoms with E-state index in [9.17, 15) is 4.79 Å². The normalized spacial score (nSPS) is 16.8. The molecule has 1 aromatic rings. The molecule has 0 radical (unpaired) electrons. The first-order chi connectivity index (χ1) is 11.9. The number of hydrogen-bond donors (Lipinski definition) is 1. The second-order valence-corrected chi connectivity index (χ2v) is 7.02. The van der Waals surface area contributed by atoms with E-state index in [-0.39, 0.29) is 11.9 Å². The van der Waals surface area contributed by atoms with Crippen molar-refractivity contribution >= 4 is 5.91 Å². The van der Waals surface area contributed by atoms with Crippen LogP contribution < -0.4 is 15.2 Å². The fourth-order valence-electron chi connectivity index (χ4n) is 3.22. The van der Waals surface area contributed by atoms with Crippen molar-refractivity contribution in [1.82, 2.24) is 9.80 Å². The van der Waals surface area contributed by atoms with Gasteiger partial charge < -0.3 is 20.1 Å². The molecular weight excluding hydrogens is 318 g/mol. The molecule has 0 aliphatic carbocycles. The van der Waals surface area contributed by atoms with Crippen LogP contribution >= 0.6 is 0 Å². The Morgan fingerprint density at radius 3 is 2.40 bits per heavy atom. The Morgan fingerprint density at radius 1 is 1.16 bits per heavy atom. The Bertz CT molecular complexity index is 569. The molecule has 1 saturated heterocycles. The first-order valence-electron chi connectivity index (χ1n) is 8.92. The summed E-state index contributed by atoms with van der Waals surface area (Å²) in [5.74, 6) is 2.19. The molecule has 1 fully saturated rings. The van der Waals surface area contributed by atoms with Gasteiger partial charge in [0.15, 0.2) is 0 Å². The first kappa shape index (κ1) is 19.5. The molecule has 0 spiro atoms. The van der Waals surface area contributed by atoms with Gasteiger partial charge in [-0.2, -0.15) is 0 Å². The van der Waals surface area contributed by atoms with Crippen LogP contribution in [-0.2, 0) is 11.3 Å². The Hall–Kier alpha value is -1.79. The zero-order valence-electron chi connectivity index (χ0n) is 15.8. The van der Waals surface area contributed by atoms with Gasteiger partial charge in [0, 0.05) is 38.3 Å². The van der Waals surface area contributed by atoms with Crippen LogP contribution in [0.1, 0.15) is 25.8 Å². The van der Waals surface area contributed by atoms with E-state index in [0.717, 1.165) is 56.2 Å². The molecule has 0 aromatic heterocycles. The Kier molecular flexibility index (Phi) is 7.08. The number of nitrogens with two attached hydrogens (primary N) is 1. The van der Waals surface area contributed by atoms with Crippen LogP contribution in [0.2, 0.25) is 0 Å². The highest BCUT2D eigenvalue weighted by Crippen LogP contribution is 2.25. The van der Waals surface area contributed by atoms with E-state index in [4.69, 9.17) is 15.2 Å². The Morgan fingerprint density at radius 2 is 1.84 bits per heavy atom. The van der Waals surface area contributed by atoms with Gasteiger partial charge in [-0.25, -0.2) is 0 Å². The molecule has 6 nitrogen and oxygen atoms in total. The van der Waals surface area contributed by atoms with Gasteiger partial charge in [-0.15, -0.1) is 0 Å². The largest absolute Gasteiger partial charge is 0.497 e. The van der Waals surface area contributed by atoms with Gasteiger partial charge in [-0.05, 0) is 30.5 Å². The fourth-order valence-corrected chi connectivity index (χ4v) is 3.22. The van der Waals surface area contributed by atoms with Gasteiger partial charge in [-0.1, -0.05) is 13.8 Å². The van der Waals surface area contributed by atoms with Crippen molar-refractivity contribution in [3.05, 3.63) is 23.8 Å². The van der Waals surface area contributed by atoms with Crippen molar-refractivity contribution in [3.8, 4) is 11.5 Å². The van der Waals surface area contributed by atoms with E-state index >= 15 is 0 Å². The number of benzene rings is 1. The summed E-state index contributed by atoms with van der Waals surface area (Å²) in [5.41, 5.74) is 7.14. The van der Waals surface area contributed by atoms with E-state index in [2.05, 4.69) is 18.7 Å². The molecule has 25 heavy (non-hydrogen) atoms. The van der Waals surface area contributed by atoms with Crippen LogP contribution in [0.3, 0.4) is 0 Å². The van der Waals surface area contributed by atoms with Gasteiger partial charge in [0.25, 0.3) is 0 Å². The highest BCUT2D eigenvalue weighted by molar-refractivity contribution is 5.81. The molecule has 6 heteroatoms. The number of piperazine rings is 1. The van der Waals surface area contributed by atoms with Crippen LogP contribution in [0.4, 0.5) is 0 Å². The minimum atomic E-state index is -0.384. The zero-order valence-corrected chi connectivity index (χ0v) is 15.8. The minimum Gasteiger partial charge on any atom is -0.497 e. The summed E-state index contributed by atoms with van der Waals surface area (Å²) in [5, 5.41) is 0. The quantitative estimate of drug-likeness (QED) is 0.812. The van der Waals surface area contributed by atoms with Crippen molar-refractivity contribution < 1.29 is 14.3 Å². The minimum absolute atomic E-state index is 0.0762. The summed E-state index contributed by atoms with van der Waals surface area (Å²) in [7, 11) is 3.34. The number of carbonyl (C=O) groups is 1. The molecule has 1 amide bonds. The summed E-state index contributed by atoms with van der Waals surface area (Å²) in [6.07, 6.45) is 0.736. The van der Waals surface area contributed by atoms with Gasteiger partial charge in [0.05, 0.1) is 20.3 Å². The van der Waals surface area contributed by atoms with Crippen molar-refractivity contribution in [2.75, 3.05) is 40.4 Å². The number of carbonyl (C=O) groups excluding carboxylic acids is 1. The van der Waals surface area contributed by atoms with Gasteiger partial charge >= 0.3 is 0 Å². The van der Waals surface area contributed by atoms with E-state index in [1.165, 1.54) is 0 Å². The Balaban J connectivity index is 1.91. The maximum atomic E-state index is 12.4. The fraction of sp³-hybridized carbons (Fsp3) is 0.632. The first-order valence-corrected chi connectivity index (χ1v) is 8.92. The average Bonchev–Trinajstić information content (AvgIpc) is 2.61. The van der Waals surface area contributed by atoms with Crippen LogP contribution in [-0.4, -0.2) is 62.1 Å². The van der Waals surface area contributed by atoms with E-state index in [0.29, 0.717) is 5.92 Å². The molecule has 1 aliphatic heterocycles. The third kappa shape index (κ3) is 5.34. The van der Waals surface area contributed by atoms with Crippen LogP contribution in [0.25, 0.3) is 0 Å². The van der Waals surface area contributed by atoms with Crippen molar-refractivity contribution in [3.63, 3.8) is 0 Å². The van der Waals surface area contributed by atoms with E-state index in [1.54, 1.807) is 14.2 Å². The van der Waals surface area contributed by atoms with Crippen molar-refractivity contribution in [1.29, 1.82) is 0 Å². The molecule has 0 unspecified atom stereocenters. The maximum absolute atomic E-state index is 12.4. The summed E-state index contributed by atoms with van der Waals surface area (Å²) in [6, 6.07) is 5.45. The smallest absolute Gasteiger partial charge is 0.239 e. The second kappa shape index (κ2) is 9.06. The number of ether oxygens (including phenoxy) is 2. The molecular formula is C19H31N3O3. The molecule has 0 saturated carbocycles. The lowest BCUT2D eigenvalue weighted by molar-refractivity contribution is -0.134. The number of nitrogens with zero attached hydrogens (tertiary/aromatic N) is 2. The molecule has 140 valence electrons. The van der Waals surface area contributed by atoms with Gasteiger partial charge in [-0.3, -0.25) is 9.69 Å². The third-order valence-electron chi connectivity index (χ3n) is 4.61. The predicted octanol–water partition coefficient (Wildman–Crippen LogP) is 1.72. The summed E-state index contributed by atoms with van der Waals surface area (Å²) in [4.78, 5) is 16.7. The lowest BCUT2D eigenvalue weighted by Crippen LogP contribution is -2.53. The Labute approximate surface area is 150 Å². The summed E-state index contributed by atoms with van der Waals surface area (Å²) >= 11 is 0. The lowest BCUT2D eigenvalue weighted by Gasteiger charge is -2.36. The van der Waals surface area contributed by atoms with Crippen molar-refractivity contribution in [2.24, 2.45) is 11.7 Å². The molecule has 1 heterocycles. The monoisotopic (exact) mass is 349 g/mol. The topological polar surface area (TPSA) is 68.0 Å². The highest BCUT2D eigenvalue weighted by atomic mass is 16.5. The van der Waals surface area contributed by atoms with Crippen LogP contribution in [0, 0.1) is 5.92 Å². The standard InChI is InChI=1S/C19H31N3O3/c1-14(2)11-17(20)19(23)22-9-7-21(8-10-22)13-15-12-16(24-3)5-6-18(15)25-4/h5-6,12,14,17H,7-11,13,20H2,1-4H3/t17-/m0/s1. The SMILES string of the molecule is COc1ccc(OC)c(CN2CCN(C(=O)[C@@H](N)CC(C)C)CC2)c1. The molecule has 0 bridgehead atoms. The van der Waals surface area contributed by atoms with Crippen molar-refractivity contribution in [2.45, 2.75) is 32.9 Å². The van der Waals surface area contributed by atoms with Gasteiger partial charge in [0.2, 0.25) is 5.91 Å². The van der Waals surface area contributed by atoms with Crippen LogP contribution in [0.15, 0.2) is 18.2 Å². The van der Waals surface area contributed by atoms with E-state index in [1.807, 2.05) is 23.1 Å². The lowest BCUT2D eigenvalue weighted by atomic mass is 10.0. The number of rotatable bonds is 7. The number of hydrogen-bond acceptors (Lipinski definition) is 5. The molecule has 1 aromatic carbocycles. The maximum Gasteiger partial charge on any atom is 0.239 e. The number of methoxy groups -OCH3 is 2. The number of amides is 1. The molecule has 1 atom stereocenters. The highest BCUT2D eigenvalue weighted by Gasteiger charge is 2.26. The molecule has 2 rings (SSSR count). The summed E-state index contributed by atoms with van der Waals surface area (Å²) < 4.78 is 10.8. The predicted molar refractivity (Wildman–Crippen MR) is 98.8 cm³/mol. The third-order valence-corrected chi connectivity index (χ3v) is 4.61. The van der Waals surface area contributed by atoms with Crippen LogP contribution in [0.5, 0.6) is 11.5 Å². The van der Waals surface area contributed by atoms with Gasteiger partial charge in [0.1, 0.15) is 11.5 Å². The molecule has 1 aliphatic rings.